The number of hydrogen-bond donors (Lipinski definition) is 0. The van der Waals surface area contributed by atoms with E-state index in [0.29, 0.717) is 101 Å². The van der Waals surface area contributed by atoms with Crippen molar-refractivity contribution in [2.45, 2.75) is 25.7 Å². The normalized spacial score (nSPS) is 15.3. The Morgan fingerprint density at radius 2 is 1.20 bits per heavy atom. The van der Waals surface area contributed by atoms with Gasteiger partial charge in [-0.3, -0.25) is 32.9 Å². The van der Waals surface area contributed by atoms with Gasteiger partial charge in [-0.25, -0.2) is 9.97 Å². The van der Waals surface area contributed by atoms with Crippen LogP contribution in [-0.4, -0.2) is 89.3 Å². The molecule has 0 saturated carbocycles. The standard InChI is InChI=1S/C49H40N8O8/c50-27-31(28-51)42-34-5-1-3-7-40(34)56-44(42)52-38-11-9-32(25-36(38)46(56)59)54-17-13-29(14-18-54)48(61)64-23-21-63-22-24-65-49(62)30-15-19-55(20-16-30)33-10-12-39-37(26-33)47(60)57-41-8-4-2-6-35(41)43(58)45(57)53-39/h1-12,25-26,29-30H,13-24H2. The zero-order chi connectivity index (χ0) is 44.8. The van der Waals surface area contributed by atoms with Gasteiger partial charge in [0.2, 0.25) is 5.78 Å². The number of fused-ring (bicyclic) bond motifs is 8. The van der Waals surface area contributed by atoms with Crippen molar-refractivity contribution in [1.82, 2.24) is 18.9 Å². The minimum absolute atomic E-state index is 0.0763. The third-order valence-corrected chi connectivity index (χ3v) is 12.7. The summed E-state index contributed by atoms with van der Waals surface area (Å²) in [6.07, 6.45) is 2.31. The highest BCUT2D eigenvalue weighted by molar-refractivity contribution is 6.13. The quantitative estimate of drug-likeness (QED) is 0.138. The highest BCUT2D eigenvalue weighted by atomic mass is 16.6. The molecule has 16 nitrogen and oxygen atoms in total. The SMILES string of the molecule is N#CC(C#N)=c1c2ccccc2n2c(=O)c3cc(N4CCC(C(=O)OCCOCCOC(=O)C5CCN(c6ccc7nc8n(c(=O)c7c6)-c6ccccc6C8=O)CC5)CC4)ccc3nc12. The van der Waals surface area contributed by atoms with Crippen molar-refractivity contribution in [3.8, 4) is 17.8 Å². The van der Waals surface area contributed by atoms with E-state index in [4.69, 9.17) is 19.2 Å². The third-order valence-electron chi connectivity index (χ3n) is 12.7. The van der Waals surface area contributed by atoms with E-state index in [9.17, 15) is 34.5 Å². The summed E-state index contributed by atoms with van der Waals surface area (Å²) in [5.41, 5.74) is 3.72. The van der Waals surface area contributed by atoms with Crippen molar-refractivity contribution >= 4 is 73.0 Å². The largest absolute Gasteiger partial charge is 0.463 e. The van der Waals surface area contributed by atoms with Gasteiger partial charge in [-0.2, -0.15) is 10.5 Å². The number of carbonyl (C=O) groups is 3. The van der Waals surface area contributed by atoms with E-state index in [1.54, 1.807) is 66.7 Å². The zero-order valence-corrected chi connectivity index (χ0v) is 35.1. The summed E-state index contributed by atoms with van der Waals surface area (Å²) in [6, 6.07) is 28.9. The summed E-state index contributed by atoms with van der Waals surface area (Å²) in [4.78, 5) is 79.7. The fourth-order valence-corrected chi connectivity index (χ4v) is 9.36. The smallest absolute Gasteiger partial charge is 0.309 e. The summed E-state index contributed by atoms with van der Waals surface area (Å²) in [5, 5.41) is 21.1. The molecule has 0 unspecified atom stereocenters. The molecule has 324 valence electrons. The topological polar surface area (TPSA) is 202 Å². The molecule has 3 aliphatic rings. The highest BCUT2D eigenvalue weighted by Gasteiger charge is 2.32. The Labute approximate surface area is 370 Å². The lowest BCUT2D eigenvalue weighted by molar-refractivity contribution is -0.152. The van der Waals surface area contributed by atoms with E-state index < -0.39 is 0 Å². The van der Waals surface area contributed by atoms with Gasteiger partial charge < -0.3 is 24.0 Å². The maximum absolute atomic E-state index is 13.9. The number of ether oxygens (including phenoxy) is 3. The first-order valence-corrected chi connectivity index (χ1v) is 21.6. The third kappa shape index (κ3) is 7.27. The molecule has 0 amide bonds. The number of para-hydroxylation sites is 2. The number of esters is 2. The summed E-state index contributed by atoms with van der Waals surface area (Å²) in [7, 11) is 0. The van der Waals surface area contributed by atoms with E-state index in [1.165, 1.54) is 8.97 Å². The van der Waals surface area contributed by atoms with Gasteiger partial charge in [0.25, 0.3) is 11.1 Å². The summed E-state index contributed by atoms with van der Waals surface area (Å²) in [5.74, 6) is -1.27. The van der Waals surface area contributed by atoms with E-state index in [0.717, 1.165) is 11.4 Å². The molecule has 0 atom stereocenters. The first-order chi connectivity index (χ1) is 31.7. The average Bonchev–Trinajstić information content (AvgIpc) is 3.82. The summed E-state index contributed by atoms with van der Waals surface area (Å²) in [6.45, 7) is 2.86. The number of ketones is 1. The predicted molar refractivity (Wildman–Crippen MR) is 240 cm³/mol. The Bertz CT molecular complexity index is 3370. The van der Waals surface area contributed by atoms with Gasteiger partial charge in [0.05, 0.1) is 68.8 Å². The number of rotatable bonds is 10. The number of anilines is 2. The Kier molecular flexibility index (Phi) is 10.7. The molecule has 0 radical (unpaired) electrons. The molecular weight excluding hydrogens is 829 g/mol. The molecule has 7 aromatic rings. The minimum atomic E-state index is -0.297. The van der Waals surface area contributed by atoms with Gasteiger partial charge in [0.1, 0.15) is 30.9 Å². The molecule has 0 bridgehead atoms. The van der Waals surface area contributed by atoms with Crippen molar-refractivity contribution in [3.05, 3.63) is 122 Å². The van der Waals surface area contributed by atoms with Crippen LogP contribution in [-0.2, 0) is 23.8 Å². The van der Waals surface area contributed by atoms with Crippen LogP contribution in [0, 0.1) is 34.5 Å². The van der Waals surface area contributed by atoms with Crippen LogP contribution in [0.2, 0.25) is 0 Å². The van der Waals surface area contributed by atoms with Crippen LogP contribution in [0.5, 0.6) is 0 Å². The highest BCUT2D eigenvalue weighted by Crippen LogP contribution is 2.30. The van der Waals surface area contributed by atoms with Gasteiger partial charge in [-0.15, -0.1) is 0 Å². The van der Waals surface area contributed by atoms with E-state index >= 15 is 0 Å². The van der Waals surface area contributed by atoms with Crippen LogP contribution in [0.3, 0.4) is 0 Å². The Morgan fingerprint density at radius 1 is 0.646 bits per heavy atom. The van der Waals surface area contributed by atoms with Crippen LogP contribution in [0.4, 0.5) is 11.4 Å². The number of piperidine rings is 2. The molecule has 0 spiro atoms. The maximum Gasteiger partial charge on any atom is 0.309 e. The average molecular weight is 869 g/mol. The van der Waals surface area contributed by atoms with Crippen molar-refractivity contribution in [1.29, 1.82) is 10.5 Å². The van der Waals surface area contributed by atoms with E-state index in [-0.39, 0.29) is 84.1 Å². The lowest BCUT2D eigenvalue weighted by Crippen LogP contribution is -2.37. The van der Waals surface area contributed by atoms with Crippen molar-refractivity contribution in [2.75, 3.05) is 62.4 Å². The van der Waals surface area contributed by atoms with Gasteiger partial charge >= 0.3 is 11.9 Å². The van der Waals surface area contributed by atoms with Gasteiger partial charge in [-0.1, -0.05) is 30.3 Å². The van der Waals surface area contributed by atoms with Crippen LogP contribution in [0.15, 0.2) is 94.5 Å². The Balaban J connectivity index is 0.659. The van der Waals surface area contributed by atoms with Crippen molar-refractivity contribution in [3.63, 3.8) is 0 Å². The molecule has 65 heavy (non-hydrogen) atoms. The molecule has 6 heterocycles. The van der Waals surface area contributed by atoms with Crippen molar-refractivity contribution in [2.24, 2.45) is 11.8 Å². The number of nitrogens with zero attached hydrogens (tertiary/aromatic N) is 8. The maximum atomic E-state index is 13.9. The van der Waals surface area contributed by atoms with Gasteiger partial charge in [0, 0.05) is 42.9 Å². The number of hydrogen-bond acceptors (Lipinski definition) is 14. The molecule has 10 rings (SSSR count). The molecule has 2 saturated heterocycles. The fraction of sp³-hybridized carbons (Fsp3) is 0.286. The molecule has 0 N–H and O–H groups in total. The summed E-state index contributed by atoms with van der Waals surface area (Å²) < 4.78 is 19.5. The second-order valence-electron chi connectivity index (χ2n) is 16.4. The van der Waals surface area contributed by atoms with E-state index in [1.807, 2.05) is 30.3 Å². The molecule has 16 heteroatoms. The van der Waals surface area contributed by atoms with Crippen LogP contribution in [0.1, 0.15) is 41.9 Å². The van der Waals surface area contributed by atoms with Gasteiger partial charge in [0.15, 0.2) is 11.5 Å². The number of benzene rings is 4. The minimum Gasteiger partial charge on any atom is -0.463 e. The van der Waals surface area contributed by atoms with Crippen LogP contribution >= 0.6 is 0 Å². The lowest BCUT2D eigenvalue weighted by atomic mass is 9.96. The van der Waals surface area contributed by atoms with Crippen molar-refractivity contribution < 1.29 is 28.6 Å². The monoisotopic (exact) mass is 868 g/mol. The van der Waals surface area contributed by atoms with Crippen LogP contribution in [0.25, 0.3) is 49.6 Å². The predicted octanol–water partition coefficient (Wildman–Crippen LogP) is 4.40. The van der Waals surface area contributed by atoms with Crippen LogP contribution < -0.4 is 26.1 Å². The Morgan fingerprint density at radius 3 is 1.82 bits per heavy atom. The Hall–Kier alpha value is -7.95. The second kappa shape index (κ2) is 17.0. The molecule has 3 aliphatic heterocycles. The number of carbonyl (C=O) groups excluding carboxylic acids is 3. The first kappa shape index (κ1) is 41.1. The number of nitriles is 2. The molecule has 4 aromatic carbocycles. The second-order valence-corrected chi connectivity index (χ2v) is 16.4. The molecule has 2 fully saturated rings. The molecular formula is C49H40N8O8. The molecule has 0 aliphatic carbocycles. The fourth-order valence-electron chi connectivity index (χ4n) is 9.36. The summed E-state index contributed by atoms with van der Waals surface area (Å²) >= 11 is 0. The van der Waals surface area contributed by atoms with E-state index in [2.05, 4.69) is 14.8 Å². The van der Waals surface area contributed by atoms with Gasteiger partial charge in [-0.05, 0) is 80.3 Å². The molecule has 3 aromatic heterocycles. The zero-order valence-electron chi connectivity index (χ0n) is 35.1. The first-order valence-electron chi connectivity index (χ1n) is 21.6. The number of aromatic nitrogens is 4. The lowest BCUT2D eigenvalue weighted by Gasteiger charge is -2.32.